The van der Waals surface area contributed by atoms with Crippen molar-refractivity contribution in [2.45, 2.75) is 37.0 Å². The molecule has 3 aromatic heterocycles. The maximum atomic E-state index is 13.9. The molecule has 7 nitrogen and oxygen atoms in total. The van der Waals surface area contributed by atoms with Crippen LogP contribution in [-0.2, 0) is 16.8 Å². The lowest BCUT2D eigenvalue weighted by Crippen LogP contribution is -2.37. The Balaban J connectivity index is 1.70. The van der Waals surface area contributed by atoms with Crippen LogP contribution in [0.4, 0.5) is 14.6 Å². The van der Waals surface area contributed by atoms with Crippen LogP contribution in [0, 0.1) is 5.41 Å². The maximum Gasteiger partial charge on any atom is 0.274 e. The van der Waals surface area contributed by atoms with Crippen LogP contribution in [-0.4, -0.2) is 47.7 Å². The molecular weight excluding hydrogens is 438 g/mol. The Morgan fingerprint density at radius 3 is 2.62 bits per heavy atom. The number of fused-ring (bicyclic) bond motifs is 1. The first-order valence-corrected chi connectivity index (χ1v) is 12.0. The van der Waals surface area contributed by atoms with Gasteiger partial charge in [0.05, 0.1) is 10.6 Å². The summed E-state index contributed by atoms with van der Waals surface area (Å²) in [5.74, 6) is -2.47. The second kappa shape index (κ2) is 6.87. The standard InChI is InChI=1S/C22H24F2N4O3S/c1-3-32(30,31)14-10-16(17-12-27(2)20(29)18-15(17)4-7-25-18)19(26-11-14)28-8-5-21(6-9-28)13-22(21,23)24/h4,7,10-12,25H,3,5-6,8-9,13H2,1-2H3/i2D3. The van der Waals surface area contributed by atoms with Gasteiger partial charge in [-0.25, -0.2) is 22.2 Å². The van der Waals surface area contributed by atoms with E-state index in [-0.39, 0.29) is 35.4 Å². The van der Waals surface area contributed by atoms with Gasteiger partial charge in [0.25, 0.3) is 11.5 Å². The van der Waals surface area contributed by atoms with Crippen LogP contribution in [0.5, 0.6) is 0 Å². The summed E-state index contributed by atoms with van der Waals surface area (Å²) in [5, 5.41) is 0.409. The first kappa shape index (κ1) is 17.8. The Hall–Kier alpha value is -2.75. The number of aromatic amines is 1. The van der Waals surface area contributed by atoms with Gasteiger partial charge in [-0.3, -0.25) is 4.79 Å². The first-order chi connectivity index (χ1) is 16.3. The highest BCUT2D eigenvalue weighted by Crippen LogP contribution is 2.66. The monoisotopic (exact) mass is 465 g/mol. The molecule has 5 rings (SSSR count). The molecule has 1 aliphatic carbocycles. The minimum atomic E-state index is -3.65. The van der Waals surface area contributed by atoms with Crippen LogP contribution in [0.1, 0.15) is 30.3 Å². The molecule has 0 aromatic carbocycles. The predicted molar refractivity (Wildman–Crippen MR) is 118 cm³/mol. The molecule has 1 N–H and O–H groups in total. The van der Waals surface area contributed by atoms with Crippen LogP contribution < -0.4 is 10.5 Å². The van der Waals surface area contributed by atoms with Crippen molar-refractivity contribution in [1.82, 2.24) is 14.5 Å². The molecule has 4 heterocycles. The maximum absolute atomic E-state index is 13.9. The van der Waals surface area contributed by atoms with Gasteiger partial charge in [0.2, 0.25) is 0 Å². The van der Waals surface area contributed by atoms with E-state index in [9.17, 15) is 22.0 Å². The van der Waals surface area contributed by atoms with Gasteiger partial charge in [0, 0.05) is 71.1 Å². The molecule has 10 heteroatoms. The van der Waals surface area contributed by atoms with Crippen molar-refractivity contribution in [3.63, 3.8) is 0 Å². The molecule has 0 radical (unpaired) electrons. The summed E-state index contributed by atoms with van der Waals surface area (Å²) >= 11 is 0. The summed E-state index contributed by atoms with van der Waals surface area (Å²) in [4.78, 5) is 21.8. The number of nitrogens with zero attached hydrogens (tertiary/aromatic N) is 3. The number of pyridine rings is 2. The lowest BCUT2D eigenvalue weighted by molar-refractivity contribution is 0.0536. The summed E-state index contributed by atoms with van der Waals surface area (Å²) in [6.07, 6.45) is 4.33. The van der Waals surface area contributed by atoms with Crippen LogP contribution in [0.15, 0.2) is 40.4 Å². The van der Waals surface area contributed by atoms with Crippen molar-refractivity contribution in [1.29, 1.82) is 0 Å². The molecule has 2 aliphatic rings. The number of anilines is 1. The minimum absolute atomic E-state index is 0.0451. The minimum Gasteiger partial charge on any atom is -0.357 e. The van der Waals surface area contributed by atoms with E-state index in [2.05, 4.69) is 9.97 Å². The second-order valence-corrected chi connectivity index (χ2v) is 10.9. The fourth-order valence-electron chi connectivity index (χ4n) is 4.66. The SMILES string of the molecule is [2H]C([2H])([2H])n1cc(-c2cc(S(=O)(=O)CC)cnc2N2CCC3(CC2)CC3(F)F)c2cc[nH]c2c1=O. The number of alkyl halides is 2. The zero-order valence-corrected chi connectivity index (χ0v) is 18.2. The largest absolute Gasteiger partial charge is 0.357 e. The van der Waals surface area contributed by atoms with E-state index < -0.39 is 33.7 Å². The molecule has 0 bridgehead atoms. The van der Waals surface area contributed by atoms with E-state index in [1.165, 1.54) is 31.6 Å². The molecule has 32 heavy (non-hydrogen) atoms. The van der Waals surface area contributed by atoms with Gasteiger partial charge in [0.1, 0.15) is 11.3 Å². The topological polar surface area (TPSA) is 88.1 Å². The number of piperidine rings is 1. The van der Waals surface area contributed by atoms with Crippen molar-refractivity contribution in [2.24, 2.45) is 12.4 Å². The molecule has 1 saturated heterocycles. The van der Waals surface area contributed by atoms with E-state index in [4.69, 9.17) is 4.11 Å². The van der Waals surface area contributed by atoms with Crippen LogP contribution in [0.2, 0.25) is 0 Å². The highest BCUT2D eigenvalue weighted by Gasteiger charge is 2.70. The number of aryl methyl sites for hydroxylation is 1. The highest BCUT2D eigenvalue weighted by atomic mass is 32.2. The Kier molecular flexibility index (Phi) is 3.81. The number of hydrogen-bond donors (Lipinski definition) is 1. The van der Waals surface area contributed by atoms with Crippen molar-refractivity contribution in [3.05, 3.63) is 41.1 Å². The van der Waals surface area contributed by atoms with Crippen molar-refractivity contribution < 1.29 is 21.3 Å². The van der Waals surface area contributed by atoms with Gasteiger partial charge < -0.3 is 14.5 Å². The van der Waals surface area contributed by atoms with Crippen LogP contribution in [0.25, 0.3) is 22.0 Å². The fraction of sp³-hybridized carbons (Fsp3) is 0.455. The lowest BCUT2D eigenvalue weighted by Gasteiger charge is -2.34. The molecule has 1 aliphatic heterocycles. The number of aromatic nitrogens is 3. The van der Waals surface area contributed by atoms with Gasteiger partial charge >= 0.3 is 0 Å². The summed E-state index contributed by atoms with van der Waals surface area (Å²) in [6.45, 7) is -0.682. The summed E-state index contributed by atoms with van der Waals surface area (Å²) in [6, 6.07) is 3.03. The van der Waals surface area contributed by atoms with Gasteiger partial charge in [0.15, 0.2) is 9.84 Å². The summed E-state index contributed by atoms with van der Waals surface area (Å²) < 4.78 is 77.1. The lowest BCUT2D eigenvalue weighted by atomic mass is 9.92. The van der Waals surface area contributed by atoms with Gasteiger partial charge in [-0.15, -0.1) is 0 Å². The van der Waals surface area contributed by atoms with E-state index >= 15 is 0 Å². The van der Waals surface area contributed by atoms with Crippen LogP contribution in [0.3, 0.4) is 0 Å². The van der Waals surface area contributed by atoms with E-state index in [1.54, 1.807) is 6.07 Å². The smallest absolute Gasteiger partial charge is 0.274 e. The van der Waals surface area contributed by atoms with E-state index in [0.717, 1.165) is 0 Å². The van der Waals surface area contributed by atoms with E-state index in [1.807, 2.05) is 4.90 Å². The molecule has 3 aromatic rings. The molecule has 1 spiro atoms. The third kappa shape index (κ3) is 3.07. The average Bonchev–Trinajstić information content (AvgIpc) is 3.13. The molecule has 170 valence electrons. The van der Waals surface area contributed by atoms with Crippen molar-refractivity contribution >= 4 is 26.6 Å². The Bertz CT molecular complexity index is 1490. The van der Waals surface area contributed by atoms with Gasteiger partial charge in [-0.05, 0) is 25.0 Å². The van der Waals surface area contributed by atoms with Crippen LogP contribution >= 0.6 is 0 Å². The third-order valence-electron chi connectivity index (χ3n) is 6.83. The Morgan fingerprint density at radius 1 is 1.28 bits per heavy atom. The summed E-state index contributed by atoms with van der Waals surface area (Å²) in [5.41, 5.74) is -1.04. The molecule has 0 atom stereocenters. The quantitative estimate of drug-likeness (QED) is 0.639. The van der Waals surface area contributed by atoms with Crippen molar-refractivity contribution in [2.75, 3.05) is 23.7 Å². The molecular formula is C22H24F2N4O3S. The van der Waals surface area contributed by atoms with Gasteiger partial charge in [-0.1, -0.05) is 6.92 Å². The number of halogens is 2. The Labute approximate surface area is 188 Å². The van der Waals surface area contributed by atoms with Crippen molar-refractivity contribution in [3.8, 4) is 11.1 Å². The zero-order chi connectivity index (χ0) is 25.4. The molecule has 1 saturated carbocycles. The third-order valence-corrected chi connectivity index (χ3v) is 8.53. The molecule has 0 amide bonds. The zero-order valence-electron chi connectivity index (χ0n) is 20.4. The first-order valence-electron chi connectivity index (χ1n) is 11.9. The second-order valence-electron chi connectivity index (χ2n) is 8.58. The fourth-order valence-corrected chi connectivity index (χ4v) is 5.50. The Morgan fingerprint density at radius 2 is 2.00 bits per heavy atom. The number of sulfone groups is 1. The molecule has 2 fully saturated rings. The van der Waals surface area contributed by atoms with Gasteiger partial charge in [-0.2, -0.15) is 0 Å². The predicted octanol–water partition coefficient (Wildman–Crippen LogP) is 3.35. The average molecular weight is 466 g/mol. The van der Waals surface area contributed by atoms with E-state index in [0.29, 0.717) is 40.0 Å². The molecule has 0 unspecified atom stereocenters. The highest BCUT2D eigenvalue weighted by molar-refractivity contribution is 7.91. The summed E-state index contributed by atoms with van der Waals surface area (Å²) in [7, 11) is -3.65. The number of rotatable bonds is 4. The number of nitrogens with one attached hydrogen (secondary N) is 1. The number of hydrogen-bond acceptors (Lipinski definition) is 5. The number of H-pyrrole nitrogens is 1. The normalized spacial score (nSPS) is 21.3.